The van der Waals surface area contributed by atoms with Gasteiger partial charge in [-0.2, -0.15) is 0 Å². The zero-order valence-corrected chi connectivity index (χ0v) is 8.48. The van der Waals surface area contributed by atoms with Crippen LogP contribution in [0.4, 0.5) is 0 Å². The van der Waals surface area contributed by atoms with Gasteiger partial charge < -0.3 is 4.57 Å². The molecule has 0 saturated heterocycles. The van der Waals surface area contributed by atoms with Gasteiger partial charge in [0.05, 0.1) is 6.33 Å². The molecule has 0 atom stereocenters. The number of rotatable bonds is 2. The summed E-state index contributed by atoms with van der Waals surface area (Å²) >= 11 is 0. The van der Waals surface area contributed by atoms with Crippen LogP contribution in [-0.2, 0) is 6.54 Å². The van der Waals surface area contributed by atoms with Crippen molar-refractivity contribution >= 4 is 0 Å². The van der Waals surface area contributed by atoms with E-state index in [-0.39, 0.29) is 0 Å². The topological polar surface area (TPSA) is 56.5 Å². The van der Waals surface area contributed by atoms with E-state index in [1.807, 2.05) is 29.0 Å². The SMILES string of the molecule is c1ccc(Cn2cnc3nnnc-3c2)cc1. The van der Waals surface area contributed by atoms with E-state index in [0.717, 1.165) is 12.2 Å². The maximum atomic E-state index is 4.16. The molecule has 1 aromatic rings. The number of nitrogens with zero attached hydrogens (tertiary/aromatic N) is 5. The van der Waals surface area contributed by atoms with Crippen LogP contribution >= 0.6 is 0 Å². The van der Waals surface area contributed by atoms with Gasteiger partial charge in [-0.25, -0.2) is 4.98 Å². The molecular formula is C11H9N5. The average Bonchev–Trinajstić information content (AvgIpc) is 2.77. The number of aromatic nitrogens is 5. The monoisotopic (exact) mass is 211 g/mol. The molecule has 0 aliphatic carbocycles. The Hall–Kier alpha value is -2.30. The highest BCUT2D eigenvalue weighted by molar-refractivity contribution is 5.46. The fourth-order valence-corrected chi connectivity index (χ4v) is 1.58. The third-order valence-electron chi connectivity index (χ3n) is 2.35. The van der Waals surface area contributed by atoms with Crippen molar-refractivity contribution in [3.8, 4) is 11.5 Å². The predicted molar refractivity (Wildman–Crippen MR) is 57.8 cm³/mol. The molecule has 2 aliphatic rings. The largest absolute Gasteiger partial charge is 0.332 e. The molecule has 1 aromatic carbocycles. The Kier molecular flexibility index (Phi) is 2.07. The molecule has 2 heterocycles. The van der Waals surface area contributed by atoms with Gasteiger partial charge in [-0.15, -0.1) is 10.2 Å². The van der Waals surface area contributed by atoms with Crippen LogP contribution in [0.3, 0.4) is 0 Å². The Bertz CT molecular complexity index is 560. The number of hydrogen-bond acceptors (Lipinski definition) is 4. The number of benzene rings is 1. The lowest BCUT2D eigenvalue weighted by molar-refractivity contribution is 0.764. The highest BCUT2D eigenvalue weighted by atomic mass is 15.4. The lowest BCUT2D eigenvalue weighted by Gasteiger charge is -2.06. The van der Waals surface area contributed by atoms with Crippen LogP contribution in [0.2, 0.25) is 0 Å². The third kappa shape index (κ3) is 1.63. The predicted octanol–water partition coefficient (Wildman–Crippen LogP) is 1.22. The highest BCUT2D eigenvalue weighted by Gasteiger charge is 2.08. The first-order chi connectivity index (χ1) is 7.92. The summed E-state index contributed by atoms with van der Waals surface area (Å²) in [5.74, 6) is 0.587. The van der Waals surface area contributed by atoms with E-state index in [1.54, 1.807) is 6.33 Å². The molecule has 0 aromatic heterocycles. The van der Waals surface area contributed by atoms with Gasteiger partial charge in [-0.1, -0.05) is 30.3 Å². The Balaban J connectivity index is 1.93. The summed E-state index contributed by atoms with van der Waals surface area (Å²) in [4.78, 5) is 4.16. The van der Waals surface area contributed by atoms with Gasteiger partial charge >= 0.3 is 0 Å². The number of hydrogen-bond donors (Lipinski definition) is 0. The quantitative estimate of drug-likeness (QED) is 0.639. The van der Waals surface area contributed by atoms with Gasteiger partial charge in [-0.3, -0.25) is 0 Å². The summed E-state index contributed by atoms with van der Waals surface area (Å²) in [5, 5.41) is 11.2. The van der Waals surface area contributed by atoms with Crippen molar-refractivity contribution in [2.75, 3.05) is 0 Å². The Morgan fingerprint density at radius 1 is 1.06 bits per heavy atom. The van der Waals surface area contributed by atoms with Gasteiger partial charge in [0.2, 0.25) is 5.82 Å². The van der Waals surface area contributed by atoms with Gasteiger partial charge in [0.25, 0.3) is 0 Å². The van der Waals surface area contributed by atoms with E-state index in [9.17, 15) is 0 Å². The Morgan fingerprint density at radius 2 is 1.94 bits per heavy atom. The van der Waals surface area contributed by atoms with E-state index in [0.29, 0.717) is 5.82 Å². The van der Waals surface area contributed by atoms with Crippen LogP contribution in [0, 0.1) is 0 Å². The van der Waals surface area contributed by atoms with Crippen LogP contribution in [0.5, 0.6) is 0 Å². The molecule has 0 radical (unpaired) electrons. The van der Waals surface area contributed by atoms with E-state index < -0.39 is 0 Å². The molecule has 0 saturated carbocycles. The molecule has 2 aliphatic heterocycles. The van der Waals surface area contributed by atoms with Crippen molar-refractivity contribution in [3.05, 3.63) is 48.4 Å². The third-order valence-corrected chi connectivity index (χ3v) is 2.35. The van der Waals surface area contributed by atoms with Crippen molar-refractivity contribution in [1.82, 2.24) is 25.0 Å². The molecule has 0 amide bonds. The minimum atomic E-state index is 0.587. The molecule has 0 bridgehead atoms. The molecule has 3 rings (SSSR count). The average molecular weight is 211 g/mol. The van der Waals surface area contributed by atoms with Crippen LogP contribution in [0.25, 0.3) is 11.5 Å². The first-order valence-electron chi connectivity index (χ1n) is 4.96. The molecular weight excluding hydrogens is 202 g/mol. The van der Waals surface area contributed by atoms with E-state index >= 15 is 0 Å². The lowest BCUT2D eigenvalue weighted by atomic mass is 10.2. The fourth-order valence-electron chi connectivity index (χ4n) is 1.58. The standard InChI is InChI=1S/C11H9N5/c1-2-4-9(5-3-1)6-16-7-10-11(12-8-16)14-15-13-10/h1-5,7-8H,6H2. The highest BCUT2D eigenvalue weighted by Crippen LogP contribution is 2.11. The summed E-state index contributed by atoms with van der Waals surface area (Å²) in [5.41, 5.74) is 1.94. The smallest absolute Gasteiger partial charge is 0.207 e. The Morgan fingerprint density at radius 3 is 2.81 bits per heavy atom. The van der Waals surface area contributed by atoms with Gasteiger partial charge in [0.15, 0.2) is 5.69 Å². The van der Waals surface area contributed by atoms with Crippen LogP contribution in [0.1, 0.15) is 5.56 Å². The maximum Gasteiger partial charge on any atom is 0.207 e. The molecule has 0 N–H and O–H groups in total. The summed E-state index contributed by atoms with van der Waals surface area (Å²) in [7, 11) is 0. The fraction of sp³-hybridized carbons (Fsp3) is 0.0909. The summed E-state index contributed by atoms with van der Waals surface area (Å²) in [6.45, 7) is 0.774. The minimum Gasteiger partial charge on any atom is -0.332 e. The first-order valence-corrected chi connectivity index (χ1v) is 4.96. The van der Waals surface area contributed by atoms with Gasteiger partial charge in [-0.05, 0) is 10.8 Å². The second-order valence-electron chi connectivity index (χ2n) is 3.53. The van der Waals surface area contributed by atoms with Gasteiger partial charge in [0, 0.05) is 12.7 Å². The second kappa shape index (κ2) is 3.69. The van der Waals surface area contributed by atoms with E-state index in [2.05, 4.69) is 32.5 Å². The summed E-state index contributed by atoms with van der Waals surface area (Å²) < 4.78 is 1.97. The lowest BCUT2D eigenvalue weighted by Crippen LogP contribution is -2.02. The zero-order chi connectivity index (χ0) is 10.8. The van der Waals surface area contributed by atoms with Crippen LogP contribution in [0.15, 0.2) is 42.9 Å². The molecule has 0 spiro atoms. The van der Waals surface area contributed by atoms with Crippen LogP contribution < -0.4 is 0 Å². The van der Waals surface area contributed by atoms with Gasteiger partial charge in [0.1, 0.15) is 0 Å². The first kappa shape index (κ1) is 8.96. The molecule has 0 unspecified atom stereocenters. The maximum absolute atomic E-state index is 4.16. The minimum absolute atomic E-state index is 0.587. The van der Waals surface area contributed by atoms with Crippen molar-refractivity contribution in [2.24, 2.45) is 0 Å². The molecule has 5 heteroatoms. The van der Waals surface area contributed by atoms with E-state index in [1.165, 1.54) is 5.56 Å². The molecule has 5 nitrogen and oxygen atoms in total. The van der Waals surface area contributed by atoms with Crippen molar-refractivity contribution in [1.29, 1.82) is 0 Å². The summed E-state index contributed by atoms with van der Waals surface area (Å²) in [6.07, 6.45) is 3.64. The van der Waals surface area contributed by atoms with Crippen molar-refractivity contribution < 1.29 is 0 Å². The Labute approximate surface area is 92.1 Å². The summed E-state index contributed by atoms with van der Waals surface area (Å²) in [6, 6.07) is 10.2. The normalized spacial score (nSPS) is 10.8. The van der Waals surface area contributed by atoms with E-state index in [4.69, 9.17) is 0 Å². The molecule has 0 fully saturated rings. The molecule has 16 heavy (non-hydrogen) atoms. The molecule has 78 valence electrons. The van der Waals surface area contributed by atoms with Crippen LogP contribution in [-0.4, -0.2) is 25.0 Å². The van der Waals surface area contributed by atoms with Crippen molar-refractivity contribution in [3.63, 3.8) is 0 Å². The van der Waals surface area contributed by atoms with Crippen molar-refractivity contribution in [2.45, 2.75) is 6.54 Å². The zero-order valence-electron chi connectivity index (χ0n) is 8.48. The second-order valence-corrected chi connectivity index (χ2v) is 3.53. The number of fused-ring (bicyclic) bond motifs is 1.